The Labute approximate surface area is 236 Å². The van der Waals surface area contributed by atoms with Crippen LogP contribution in [0.2, 0.25) is 5.02 Å². The van der Waals surface area contributed by atoms with E-state index in [1.807, 2.05) is 63.2 Å². The molecular formula is C31H29ClN2O4S. The molecule has 6 nitrogen and oxygen atoms in total. The third-order valence-corrected chi connectivity index (χ3v) is 8.76. The van der Waals surface area contributed by atoms with Crippen LogP contribution in [0, 0.1) is 20.8 Å². The highest BCUT2D eigenvalue weighted by Gasteiger charge is 2.51. The summed E-state index contributed by atoms with van der Waals surface area (Å²) < 4.78 is 10.1. The number of aliphatic carboxylic acids is 1. The van der Waals surface area contributed by atoms with Crippen molar-refractivity contribution in [2.24, 2.45) is 0 Å². The smallest absolute Gasteiger partial charge is 0.412 e. The van der Waals surface area contributed by atoms with Crippen LogP contribution in [-0.2, 0) is 14.9 Å². The number of ether oxygens (including phenoxy) is 1. The van der Waals surface area contributed by atoms with E-state index in [0.29, 0.717) is 29.2 Å². The second-order valence-electron chi connectivity index (χ2n) is 10.1. The summed E-state index contributed by atoms with van der Waals surface area (Å²) in [7, 11) is 0. The van der Waals surface area contributed by atoms with Crippen LogP contribution in [0.15, 0.2) is 60.7 Å². The van der Waals surface area contributed by atoms with Crippen LogP contribution < -0.4 is 5.32 Å². The van der Waals surface area contributed by atoms with E-state index in [2.05, 4.69) is 21.8 Å². The number of carboxylic acids is 1. The minimum Gasteiger partial charge on any atom is -0.481 e. The molecule has 0 bridgehead atoms. The Bertz CT molecular complexity index is 1570. The molecule has 1 aliphatic rings. The number of carbonyl (C=O) groups excluding carboxylic acids is 1. The number of hydrogen-bond acceptors (Lipinski definition) is 5. The molecule has 1 aromatic heterocycles. The summed E-state index contributed by atoms with van der Waals surface area (Å²) >= 11 is 7.60. The molecule has 1 aliphatic carbocycles. The van der Waals surface area contributed by atoms with Crippen LogP contribution in [0.4, 0.5) is 10.5 Å². The first-order chi connectivity index (χ1) is 18.6. The zero-order valence-corrected chi connectivity index (χ0v) is 23.7. The van der Waals surface area contributed by atoms with E-state index in [1.165, 1.54) is 11.5 Å². The Morgan fingerprint density at radius 3 is 2.31 bits per heavy atom. The molecular weight excluding hydrogens is 532 g/mol. The highest BCUT2D eigenvalue weighted by Crippen LogP contribution is 2.49. The van der Waals surface area contributed by atoms with Gasteiger partial charge in [-0.3, -0.25) is 10.1 Å². The third kappa shape index (κ3) is 5.16. The summed E-state index contributed by atoms with van der Waals surface area (Å²) in [5, 5.41) is 13.0. The van der Waals surface area contributed by atoms with Crippen LogP contribution in [0.25, 0.3) is 21.6 Å². The largest absolute Gasteiger partial charge is 0.481 e. The fraction of sp³-hybridized carbons (Fsp3) is 0.258. The highest BCUT2D eigenvalue weighted by atomic mass is 35.5. The molecule has 2 N–H and O–H groups in total. The first-order valence-electron chi connectivity index (χ1n) is 12.7. The molecule has 5 rings (SSSR count). The van der Waals surface area contributed by atoms with Gasteiger partial charge < -0.3 is 9.84 Å². The van der Waals surface area contributed by atoms with Crippen molar-refractivity contribution in [1.29, 1.82) is 0 Å². The molecule has 3 aromatic carbocycles. The molecule has 1 atom stereocenters. The minimum atomic E-state index is -0.752. The Balaban J connectivity index is 1.38. The van der Waals surface area contributed by atoms with E-state index in [1.54, 1.807) is 13.0 Å². The molecule has 0 unspecified atom stereocenters. The van der Waals surface area contributed by atoms with Crippen molar-refractivity contribution in [3.63, 3.8) is 0 Å². The fourth-order valence-electron chi connectivity index (χ4n) is 4.95. The van der Waals surface area contributed by atoms with Gasteiger partial charge in [0.25, 0.3) is 0 Å². The monoisotopic (exact) mass is 560 g/mol. The number of amides is 1. The number of rotatable bonds is 7. The minimum absolute atomic E-state index is 0.519. The number of carboxylic acid groups (broad SMARTS) is 1. The number of nitrogens with zero attached hydrogens (tertiary/aromatic N) is 1. The van der Waals surface area contributed by atoms with Crippen molar-refractivity contribution in [2.45, 2.75) is 52.1 Å². The molecule has 0 radical (unpaired) electrons. The van der Waals surface area contributed by atoms with Gasteiger partial charge in [-0.1, -0.05) is 60.1 Å². The first kappa shape index (κ1) is 26.9. The van der Waals surface area contributed by atoms with Gasteiger partial charge in [0.05, 0.1) is 21.7 Å². The number of carbonyl (C=O) groups is 2. The van der Waals surface area contributed by atoms with E-state index in [-0.39, 0.29) is 0 Å². The maximum atomic E-state index is 12.8. The number of nitrogens with one attached hydrogen (secondary N) is 1. The Hall–Kier alpha value is -3.68. The second-order valence-corrected chi connectivity index (χ2v) is 11.3. The number of aromatic nitrogens is 1. The molecule has 1 fully saturated rings. The van der Waals surface area contributed by atoms with Crippen molar-refractivity contribution in [2.75, 3.05) is 5.32 Å². The van der Waals surface area contributed by atoms with Gasteiger partial charge in [0, 0.05) is 10.6 Å². The molecule has 39 heavy (non-hydrogen) atoms. The molecule has 1 saturated carbocycles. The summed E-state index contributed by atoms with van der Waals surface area (Å²) in [6.07, 6.45) is 0.277. The summed E-state index contributed by atoms with van der Waals surface area (Å²) in [5.74, 6) is -0.752. The summed E-state index contributed by atoms with van der Waals surface area (Å²) in [5.41, 5.74) is 7.40. The van der Waals surface area contributed by atoms with Gasteiger partial charge in [-0.15, -0.1) is 0 Å². The maximum absolute atomic E-state index is 12.8. The standard InChI is InChI=1S/C31H29ClN2O4S/c1-17-16-25(18(2)15-24(17)21-9-11-22(12-10-21)31(13-14-31)29(35)36)28-27(19(3)34-39-28)33-30(37)38-20(4)23-7-5-6-8-26(23)32/h5-12,15-16,20H,13-14H2,1-4H3,(H,33,37)(H,35,36)/t20-/m1/s1. The molecule has 200 valence electrons. The van der Waals surface area contributed by atoms with Crippen LogP contribution in [0.5, 0.6) is 0 Å². The van der Waals surface area contributed by atoms with E-state index in [4.69, 9.17) is 16.3 Å². The number of anilines is 1. The predicted octanol–water partition coefficient (Wildman–Crippen LogP) is 8.48. The number of benzene rings is 3. The van der Waals surface area contributed by atoms with Gasteiger partial charge in [0.15, 0.2) is 0 Å². The average Bonchev–Trinajstić information content (AvgIpc) is 3.65. The van der Waals surface area contributed by atoms with Gasteiger partial charge in [-0.2, -0.15) is 4.37 Å². The van der Waals surface area contributed by atoms with Crippen molar-refractivity contribution < 1.29 is 19.4 Å². The van der Waals surface area contributed by atoms with E-state index < -0.39 is 23.6 Å². The quantitative estimate of drug-likeness (QED) is 0.236. The van der Waals surface area contributed by atoms with Gasteiger partial charge in [0.2, 0.25) is 0 Å². The van der Waals surface area contributed by atoms with E-state index in [0.717, 1.165) is 43.8 Å². The van der Waals surface area contributed by atoms with Gasteiger partial charge in [-0.25, -0.2) is 4.79 Å². The average molecular weight is 561 g/mol. The Morgan fingerprint density at radius 1 is 1.03 bits per heavy atom. The van der Waals surface area contributed by atoms with Crippen LogP contribution in [0.1, 0.15) is 53.8 Å². The van der Waals surface area contributed by atoms with Crippen LogP contribution in [0.3, 0.4) is 0 Å². The number of hydrogen-bond donors (Lipinski definition) is 2. The molecule has 1 amide bonds. The fourth-order valence-corrected chi connectivity index (χ4v) is 6.17. The lowest BCUT2D eigenvalue weighted by Gasteiger charge is -2.17. The number of halogens is 1. The molecule has 4 aromatic rings. The molecule has 0 aliphatic heterocycles. The van der Waals surface area contributed by atoms with E-state index >= 15 is 0 Å². The predicted molar refractivity (Wildman–Crippen MR) is 156 cm³/mol. The van der Waals surface area contributed by atoms with Gasteiger partial charge in [0.1, 0.15) is 6.10 Å². The molecule has 0 spiro atoms. The Kier molecular flexibility index (Phi) is 7.23. The zero-order chi connectivity index (χ0) is 27.9. The van der Waals surface area contributed by atoms with Crippen LogP contribution >= 0.6 is 23.1 Å². The van der Waals surface area contributed by atoms with Crippen molar-refractivity contribution in [1.82, 2.24) is 4.37 Å². The molecule has 8 heteroatoms. The highest BCUT2D eigenvalue weighted by molar-refractivity contribution is 7.10. The Morgan fingerprint density at radius 2 is 1.67 bits per heavy atom. The van der Waals surface area contributed by atoms with Crippen LogP contribution in [-0.4, -0.2) is 21.5 Å². The SMILES string of the molecule is Cc1cc(-c2snc(C)c2NC(=O)O[C@H](C)c2ccccc2Cl)c(C)cc1-c1ccc(C2(C(=O)O)CC2)cc1. The third-order valence-electron chi connectivity index (χ3n) is 7.44. The zero-order valence-electron chi connectivity index (χ0n) is 22.2. The maximum Gasteiger partial charge on any atom is 0.412 e. The topological polar surface area (TPSA) is 88.5 Å². The van der Waals surface area contributed by atoms with Gasteiger partial charge >= 0.3 is 12.1 Å². The summed E-state index contributed by atoms with van der Waals surface area (Å²) in [6, 6.07) is 19.4. The van der Waals surface area contributed by atoms with Crippen molar-refractivity contribution >= 4 is 40.9 Å². The van der Waals surface area contributed by atoms with E-state index in [9.17, 15) is 14.7 Å². The van der Waals surface area contributed by atoms with Gasteiger partial charge in [-0.05, 0) is 97.6 Å². The summed E-state index contributed by atoms with van der Waals surface area (Å²) in [6.45, 7) is 7.72. The van der Waals surface area contributed by atoms with Crippen molar-refractivity contribution in [3.8, 4) is 21.6 Å². The molecule has 0 saturated heterocycles. The summed E-state index contributed by atoms with van der Waals surface area (Å²) in [4.78, 5) is 25.4. The number of aryl methyl sites for hydroxylation is 3. The first-order valence-corrected chi connectivity index (χ1v) is 13.9. The lowest BCUT2D eigenvalue weighted by atomic mass is 9.91. The lowest BCUT2D eigenvalue weighted by Crippen LogP contribution is -2.19. The lowest BCUT2D eigenvalue weighted by molar-refractivity contribution is -0.140. The van der Waals surface area contributed by atoms with Crippen molar-refractivity contribution in [3.05, 3.63) is 93.6 Å². The molecule has 1 heterocycles. The second kappa shape index (κ2) is 10.5. The normalized spacial score (nSPS) is 14.5.